The Morgan fingerprint density at radius 1 is 1.22 bits per heavy atom. The number of carbonyl (C=O) groups excluding carboxylic acids is 1. The number of hydrogen-bond donors (Lipinski definition) is 1. The summed E-state index contributed by atoms with van der Waals surface area (Å²) in [5.74, 6) is -0.00496. The van der Waals surface area contributed by atoms with Crippen LogP contribution < -0.4 is 5.32 Å². The molecule has 23 heavy (non-hydrogen) atoms. The second-order valence-corrected chi connectivity index (χ2v) is 6.34. The van der Waals surface area contributed by atoms with Crippen LogP contribution in [0.5, 0.6) is 0 Å². The molecule has 0 saturated heterocycles. The molecular formula is C19H23N3O. The summed E-state index contributed by atoms with van der Waals surface area (Å²) in [5, 5.41) is 3.05. The second kappa shape index (κ2) is 6.82. The van der Waals surface area contributed by atoms with Crippen LogP contribution in [0.3, 0.4) is 0 Å². The van der Waals surface area contributed by atoms with E-state index in [9.17, 15) is 4.79 Å². The van der Waals surface area contributed by atoms with Gasteiger partial charge in [-0.2, -0.15) is 0 Å². The van der Waals surface area contributed by atoms with Crippen molar-refractivity contribution in [1.82, 2.24) is 14.9 Å². The number of nitrogens with zero attached hydrogens (tertiary/aromatic N) is 2. The molecule has 2 heterocycles. The van der Waals surface area contributed by atoms with Gasteiger partial charge in [0, 0.05) is 17.9 Å². The number of aromatic nitrogens is 2. The molecular weight excluding hydrogens is 286 g/mol. The molecule has 0 saturated carbocycles. The zero-order valence-corrected chi connectivity index (χ0v) is 13.7. The van der Waals surface area contributed by atoms with Crippen LogP contribution in [0.1, 0.15) is 37.6 Å². The lowest BCUT2D eigenvalue weighted by Gasteiger charge is -2.20. The maximum Gasteiger partial charge on any atom is 0.233 e. The Hall–Kier alpha value is -2.36. The van der Waals surface area contributed by atoms with Crippen LogP contribution in [0, 0.1) is 5.92 Å². The molecule has 1 atom stereocenters. The highest BCUT2D eigenvalue weighted by molar-refractivity contribution is 5.85. The standard InChI is InChI=1S/C19H23N3O/c1-14(2)17(18-16-11-8-12-22(16)13-20-18)19(23)21-15-9-6-4-3-5-7-10-15/h3-7,9-10,13-14,17H,8,11-12H2,1-2H3,(H,21,23)/b4-3-,5-3?,6-4?,7-5-,9-6-,10-7?,15-9?,15-10+/t17-/m0/s1. The van der Waals surface area contributed by atoms with E-state index in [1.807, 2.05) is 48.9 Å². The van der Waals surface area contributed by atoms with Gasteiger partial charge in [0.15, 0.2) is 0 Å². The number of allylic oxidation sites excluding steroid dienone is 7. The molecule has 0 fully saturated rings. The molecule has 1 amide bonds. The second-order valence-electron chi connectivity index (χ2n) is 6.34. The highest BCUT2D eigenvalue weighted by Crippen LogP contribution is 2.30. The van der Waals surface area contributed by atoms with Crippen LogP contribution in [0.25, 0.3) is 0 Å². The molecule has 1 N–H and O–H groups in total. The van der Waals surface area contributed by atoms with Crippen LogP contribution in [-0.2, 0) is 17.8 Å². The first kappa shape index (κ1) is 15.5. The van der Waals surface area contributed by atoms with Gasteiger partial charge in [0.05, 0.1) is 17.9 Å². The van der Waals surface area contributed by atoms with Crippen molar-refractivity contribution in [3.8, 4) is 0 Å². The quantitative estimate of drug-likeness (QED) is 0.928. The zero-order valence-electron chi connectivity index (χ0n) is 13.7. The van der Waals surface area contributed by atoms with Gasteiger partial charge >= 0.3 is 0 Å². The van der Waals surface area contributed by atoms with Crippen LogP contribution in [0.15, 0.2) is 54.6 Å². The molecule has 0 aromatic carbocycles. The van der Waals surface area contributed by atoms with Crippen molar-refractivity contribution in [2.24, 2.45) is 5.92 Å². The predicted molar refractivity (Wildman–Crippen MR) is 91.8 cm³/mol. The van der Waals surface area contributed by atoms with E-state index in [0.29, 0.717) is 0 Å². The molecule has 1 aromatic heterocycles. The number of hydrogen-bond acceptors (Lipinski definition) is 2. The van der Waals surface area contributed by atoms with E-state index in [1.54, 1.807) is 0 Å². The number of amides is 1. The molecule has 2 aliphatic rings. The molecule has 1 aliphatic heterocycles. The SMILES string of the molecule is CC(C)[C@H](C(=O)NC1=C/C=C\C=C/C=C\1)c1ncn2c1CCC2. The van der Waals surface area contributed by atoms with E-state index < -0.39 is 0 Å². The minimum atomic E-state index is -0.219. The number of rotatable bonds is 4. The molecule has 1 aromatic rings. The van der Waals surface area contributed by atoms with Crippen molar-refractivity contribution >= 4 is 5.91 Å². The third kappa shape index (κ3) is 3.36. The van der Waals surface area contributed by atoms with Gasteiger partial charge in [-0.25, -0.2) is 4.98 Å². The fourth-order valence-corrected chi connectivity index (χ4v) is 3.18. The third-order valence-corrected chi connectivity index (χ3v) is 4.30. The largest absolute Gasteiger partial charge is 0.334 e. The smallest absolute Gasteiger partial charge is 0.233 e. The number of fused-ring (bicyclic) bond motifs is 1. The van der Waals surface area contributed by atoms with Crippen LogP contribution in [0.4, 0.5) is 0 Å². The Labute approximate surface area is 137 Å². The zero-order chi connectivity index (χ0) is 16.2. The lowest BCUT2D eigenvalue weighted by molar-refractivity contribution is -0.122. The van der Waals surface area contributed by atoms with Gasteiger partial charge in [-0.05, 0) is 30.9 Å². The summed E-state index contributed by atoms with van der Waals surface area (Å²) in [6.45, 7) is 5.17. The summed E-state index contributed by atoms with van der Waals surface area (Å²) in [7, 11) is 0. The van der Waals surface area contributed by atoms with Crippen molar-refractivity contribution in [3.05, 3.63) is 65.9 Å². The summed E-state index contributed by atoms with van der Waals surface area (Å²) in [6, 6.07) is 0. The number of imidazole rings is 1. The Morgan fingerprint density at radius 3 is 2.83 bits per heavy atom. The van der Waals surface area contributed by atoms with Crippen molar-refractivity contribution in [2.75, 3.05) is 0 Å². The number of nitrogens with one attached hydrogen (secondary N) is 1. The summed E-state index contributed by atoms with van der Waals surface area (Å²) >= 11 is 0. The first-order valence-corrected chi connectivity index (χ1v) is 8.23. The molecule has 3 rings (SSSR count). The van der Waals surface area contributed by atoms with E-state index in [2.05, 4.69) is 28.7 Å². The Kier molecular flexibility index (Phi) is 4.60. The first-order chi connectivity index (χ1) is 11.2. The van der Waals surface area contributed by atoms with Crippen molar-refractivity contribution < 1.29 is 4.79 Å². The summed E-state index contributed by atoms with van der Waals surface area (Å²) in [4.78, 5) is 17.4. The van der Waals surface area contributed by atoms with Gasteiger partial charge in [0.2, 0.25) is 5.91 Å². The van der Waals surface area contributed by atoms with E-state index in [-0.39, 0.29) is 17.7 Å². The van der Waals surface area contributed by atoms with E-state index in [4.69, 9.17) is 0 Å². The van der Waals surface area contributed by atoms with Gasteiger partial charge in [0.25, 0.3) is 0 Å². The average Bonchev–Trinajstić information content (AvgIpc) is 3.06. The lowest BCUT2D eigenvalue weighted by Crippen LogP contribution is -2.32. The summed E-state index contributed by atoms with van der Waals surface area (Å²) in [6.07, 6.45) is 17.5. The summed E-state index contributed by atoms with van der Waals surface area (Å²) < 4.78 is 2.18. The van der Waals surface area contributed by atoms with Gasteiger partial charge in [0.1, 0.15) is 0 Å². The highest BCUT2D eigenvalue weighted by Gasteiger charge is 2.31. The molecule has 0 radical (unpaired) electrons. The topological polar surface area (TPSA) is 46.9 Å². The molecule has 1 aliphatic carbocycles. The highest BCUT2D eigenvalue weighted by atomic mass is 16.1. The molecule has 4 heteroatoms. The first-order valence-electron chi connectivity index (χ1n) is 8.23. The lowest BCUT2D eigenvalue weighted by atomic mass is 9.89. The average molecular weight is 309 g/mol. The fourth-order valence-electron chi connectivity index (χ4n) is 3.18. The van der Waals surface area contributed by atoms with Crippen LogP contribution in [0.2, 0.25) is 0 Å². The molecule has 4 nitrogen and oxygen atoms in total. The minimum absolute atomic E-state index is 0.0160. The molecule has 0 unspecified atom stereocenters. The minimum Gasteiger partial charge on any atom is -0.334 e. The van der Waals surface area contributed by atoms with Gasteiger partial charge in [-0.1, -0.05) is 44.2 Å². The third-order valence-electron chi connectivity index (χ3n) is 4.30. The maximum absolute atomic E-state index is 12.9. The van der Waals surface area contributed by atoms with Gasteiger partial charge in [-0.3, -0.25) is 4.79 Å². The van der Waals surface area contributed by atoms with Crippen molar-refractivity contribution in [1.29, 1.82) is 0 Å². The molecule has 0 bridgehead atoms. The van der Waals surface area contributed by atoms with Gasteiger partial charge < -0.3 is 9.88 Å². The number of aryl methyl sites for hydroxylation is 1. The van der Waals surface area contributed by atoms with Crippen LogP contribution >= 0.6 is 0 Å². The van der Waals surface area contributed by atoms with E-state index >= 15 is 0 Å². The predicted octanol–water partition coefficient (Wildman–Crippen LogP) is 3.25. The van der Waals surface area contributed by atoms with Gasteiger partial charge in [-0.15, -0.1) is 0 Å². The Balaban J connectivity index is 1.82. The maximum atomic E-state index is 12.9. The van der Waals surface area contributed by atoms with Crippen molar-refractivity contribution in [3.63, 3.8) is 0 Å². The normalized spacial score (nSPS) is 24.0. The number of carbonyl (C=O) groups is 1. The Morgan fingerprint density at radius 2 is 2.00 bits per heavy atom. The van der Waals surface area contributed by atoms with Crippen LogP contribution in [-0.4, -0.2) is 15.5 Å². The van der Waals surface area contributed by atoms with Crippen molar-refractivity contribution in [2.45, 2.75) is 39.2 Å². The van der Waals surface area contributed by atoms with E-state index in [0.717, 1.165) is 30.8 Å². The molecule has 0 spiro atoms. The Bertz CT molecular complexity index is 704. The molecule has 120 valence electrons. The van der Waals surface area contributed by atoms with E-state index in [1.165, 1.54) is 5.69 Å². The summed E-state index contributed by atoms with van der Waals surface area (Å²) in [5.41, 5.74) is 2.97. The fraction of sp³-hybridized carbons (Fsp3) is 0.368. The monoisotopic (exact) mass is 309 g/mol.